The summed E-state index contributed by atoms with van der Waals surface area (Å²) in [5, 5.41) is 8.45. The zero-order valence-electron chi connectivity index (χ0n) is 8.25. The largest absolute Gasteiger partial charge is 0.478 e. The molecule has 0 heterocycles. The van der Waals surface area contributed by atoms with Crippen molar-refractivity contribution in [2.24, 2.45) is 0 Å². The summed E-state index contributed by atoms with van der Waals surface area (Å²) in [5.74, 6) is -1.75. The summed E-state index contributed by atoms with van der Waals surface area (Å²) in [5.41, 5.74) is -0.624. The number of rotatable bonds is 2. The van der Waals surface area contributed by atoms with Crippen LogP contribution >= 0.6 is 0 Å². The Balaban J connectivity index is 4.32. The van der Waals surface area contributed by atoms with Gasteiger partial charge in [0.1, 0.15) is 5.60 Å². The van der Waals surface area contributed by atoms with Crippen molar-refractivity contribution < 1.29 is 19.4 Å². The molecule has 0 aromatic rings. The van der Waals surface area contributed by atoms with E-state index in [1.807, 2.05) is 0 Å². The van der Waals surface area contributed by atoms with Gasteiger partial charge in [-0.25, -0.2) is 9.59 Å². The quantitative estimate of drug-likeness (QED) is 0.522. The molecule has 13 heavy (non-hydrogen) atoms. The summed E-state index contributed by atoms with van der Waals surface area (Å²) < 4.78 is 4.88. The maximum absolute atomic E-state index is 11.0. The van der Waals surface area contributed by atoms with Crippen molar-refractivity contribution in [3.05, 3.63) is 11.6 Å². The molecule has 0 amide bonds. The lowest BCUT2D eigenvalue weighted by atomic mass is 10.2. The van der Waals surface area contributed by atoms with Crippen LogP contribution in [0.4, 0.5) is 0 Å². The van der Waals surface area contributed by atoms with Crippen LogP contribution in [0.3, 0.4) is 0 Å². The zero-order valence-corrected chi connectivity index (χ0v) is 8.25. The van der Waals surface area contributed by atoms with Gasteiger partial charge in [-0.3, -0.25) is 0 Å². The predicted octanol–water partition coefficient (Wildman–Crippen LogP) is 1.36. The molecule has 4 heteroatoms. The summed E-state index contributed by atoms with van der Waals surface area (Å²) in [7, 11) is 0. The van der Waals surface area contributed by atoms with Crippen LogP contribution in [-0.4, -0.2) is 22.6 Å². The first-order valence-corrected chi connectivity index (χ1v) is 3.87. The maximum Gasteiger partial charge on any atom is 0.331 e. The lowest BCUT2D eigenvalue weighted by Crippen LogP contribution is -2.23. The van der Waals surface area contributed by atoms with Gasteiger partial charge >= 0.3 is 11.9 Å². The second kappa shape index (κ2) is 4.07. The Morgan fingerprint density at radius 2 is 1.77 bits per heavy atom. The first-order chi connectivity index (χ1) is 5.72. The highest BCUT2D eigenvalue weighted by atomic mass is 16.6. The lowest BCUT2D eigenvalue weighted by molar-refractivity contribution is -0.149. The van der Waals surface area contributed by atoms with Crippen molar-refractivity contribution in [3.8, 4) is 0 Å². The van der Waals surface area contributed by atoms with Crippen LogP contribution in [0.5, 0.6) is 0 Å². The Morgan fingerprint density at radius 1 is 1.31 bits per heavy atom. The van der Waals surface area contributed by atoms with E-state index in [0.29, 0.717) is 0 Å². The van der Waals surface area contributed by atoms with E-state index in [0.717, 1.165) is 6.08 Å². The average molecular weight is 186 g/mol. The third-order valence-corrected chi connectivity index (χ3v) is 1.08. The van der Waals surface area contributed by atoms with Crippen molar-refractivity contribution in [1.82, 2.24) is 0 Å². The number of carboxylic acid groups (broad SMARTS) is 1. The third-order valence-electron chi connectivity index (χ3n) is 1.08. The summed E-state index contributed by atoms with van der Waals surface area (Å²) in [6.07, 6.45) is 0.966. The zero-order chi connectivity index (χ0) is 10.6. The average Bonchev–Trinajstić information content (AvgIpc) is 1.81. The molecular formula is C9H14O4. The summed E-state index contributed by atoms with van der Waals surface area (Å²) in [6, 6.07) is 0. The third kappa shape index (κ3) is 5.90. The Morgan fingerprint density at radius 3 is 2.08 bits per heavy atom. The first-order valence-electron chi connectivity index (χ1n) is 3.87. The van der Waals surface area contributed by atoms with E-state index in [4.69, 9.17) is 9.84 Å². The second-order valence-electron chi connectivity index (χ2n) is 3.67. The van der Waals surface area contributed by atoms with Crippen molar-refractivity contribution in [1.29, 1.82) is 0 Å². The van der Waals surface area contributed by atoms with Crippen molar-refractivity contribution in [3.63, 3.8) is 0 Å². The van der Waals surface area contributed by atoms with E-state index >= 15 is 0 Å². The first kappa shape index (κ1) is 11.7. The molecular weight excluding hydrogens is 172 g/mol. The molecule has 0 unspecified atom stereocenters. The summed E-state index contributed by atoms with van der Waals surface area (Å²) >= 11 is 0. The van der Waals surface area contributed by atoms with Crippen LogP contribution < -0.4 is 0 Å². The molecule has 0 spiro atoms. The number of hydrogen-bond donors (Lipinski definition) is 1. The van der Waals surface area contributed by atoms with Crippen molar-refractivity contribution in [2.45, 2.75) is 33.3 Å². The van der Waals surface area contributed by atoms with Crippen molar-refractivity contribution >= 4 is 11.9 Å². The Kier molecular flexibility index (Phi) is 3.66. The minimum absolute atomic E-state index is 0.0331. The van der Waals surface area contributed by atoms with Gasteiger partial charge in [0.05, 0.1) is 0 Å². The molecule has 0 bridgehead atoms. The number of ether oxygens (including phenoxy) is 1. The van der Waals surface area contributed by atoms with Gasteiger partial charge in [-0.1, -0.05) is 0 Å². The highest BCUT2D eigenvalue weighted by Crippen LogP contribution is 2.08. The number of aliphatic carboxylic acids is 1. The van der Waals surface area contributed by atoms with E-state index in [1.165, 1.54) is 6.92 Å². The van der Waals surface area contributed by atoms with Crippen LogP contribution in [-0.2, 0) is 14.3 Å². The highest BCUT2D eigenvalue weighted by molar-refractivity contribution is 5.94. The van der Waals surface area contributed by atoms with Crippen LogP contribution in [0.2, 0.25) is 0 Å². The minimum atomic E-state index is -1.12. The molecule has 0 radical (unpaired) electrons. The van der Waals surface area contributed by atoms with Crippen LogP contribution in [0.1, 0.15) is 27.7 Å². The van der Waals surface area contributed by atoms with E-state index in [9.17, 15) is 9.59 Å². The second-order valence-corrected chi connectivity index (χ2v) is 3.67. The number of esters is 1. The Bertz CT molecular complexity index is 245. The standard InChI is InChI=1S/C9H14O4/c1-6(8(11)12)5-7(10)13-9(2,3)4/h5H,1-4H3,(H,11,12)/b6-5+. The number of carbonyl (C=O) groups excluding carboxylic acids is 1. The molecule has 0 aliphatic rings. The fourth-order valence-corrected chi connectivity index (χ4v) is 0.570. The Hall–Kier alpha value is -1.32. The van der Waals surface area contributed by atoms with Gasteiger partial charge in [-0.15, -0.1) is 0 Å². The smallest absolute Gasteiger partial charge is 0.331 e. The minimum Gasteiger partial charge on any atom is -0.478 e. The highest BCUT2D eigenvalue weighted by Gasteiger charge is 2.15. The van der Waals surface area contributed by atoms with Gasteiger partial charge in [0.2, 0.25) is 0 Å². The fraction of sp³-hybridized carbons (Fsp3) is 0.556. The lowest BCUT2D eigenvalue weighted by Gasteiger charge is -2.18. The van der Waals surface area contributed by atoms with Crippen LogP contribution in [0.15, 0.2) is 11.6 Å². The van der Waals surface area contributed by atoms with Crippen LogP contribution in [0.25, 0.3) is 0 Å². The monoisotopic (exact) mass is 186 g/mol. The molecule has 0 rings (SSSR count). The molecule has 0 saturated carbocycles. The molecule has 0 fully saturated rings. The van der Waals surface area contributed by atoms with E-state index in [1.54, 1.807) is 20.8 Å². The van der Waals surface area contributed by atoms with Gasteiger partial charge in [0.25, 0.3) is 0 Å². The predicted molar refractivity (Wildman–Crippen MR) is 47.2 cm³/mol. The summed E-state index contributed by atoms with van der Waals surface area (Å²) in [4.78, 5) is 21.3. The Labute approximate surface area is 77.2 Å². The van der Waals surface area contributed by atoms with Gasteiger partial charge in [-0.2, -0.15) is 0 Å². The number of carbonyl (C=O) groups is 2. The van der Waals surface area contributed by atoms with Gasteiger partial charge in [0.15, 0.2) is 0 Å². The molecule has 4 nitrogen and oxygen atoms in total. The van der Waals surface area contributed by atoms with E-state index in [2.05, 4.69) is 0 Å². The number of hydrogen-bond acceptors (Lipinski definition) is 3. The van der Waals surface area contributed by atoms with E-state index in [-0.39, 0.29) is 5.57 Å². The molecule has 0 aliphatic carbocycles. The van der Waals surface area contributed by atoms with Gasteiger partial charge < -0.3 is 9.84 Å². The normalized spacial score (nSPS) is 12.5. The van der Waals surface area contributed by atoms with Crippen molar-refractivity contribution in [2.75, 3.05) is 0 Å². The number of carboxylic acids is 1. The SMILES string of the molecule is C/C(=C\C(=O)OC(C)(C)C)C(=O)O. The molecule has 1 N–H and O–H groups in total. The van der Waals surface area contributed by atoms with Gasteiger partial charge in [0, 0.05) is 11.6 Å². The summed E-state index contributed by atoms with van der Waals surface area (Å²) in [6.45, 7) is 6.49. The van der Waals surface area contributed by atoms with Gasteiger partial charge in [-0.05, 0) is 27.7 Å². The molecule has 0 aromatic heterocycles. The molecule has 0 atom stereocenters. The van der Waals surface area contributed by atoms with Crippen LogP contribution in [0, 0.1) is 0 Å². The molecule has 0 saturated heterocycles. The molecule has 74 valence electrons. The molecule has 0 aromatic carbocycles. The maximum atomic E-state index is 11.0. The molecule has 0 aliphatic heterocycles. The topological polar surface area (TPSA) is 63.6 Å². The van der Waals surface area contributed by atoms with E-state index < -0.39 is 17.5 Å². The fourth-order valence-electron chi connectivity index (χ4n) is 0.570.